The first-order valence-electron chi connectivity index (χ1n) is 3.37. The number of hydrogen-bond donors (Lipinski definition) is 0. The third-order valence-corrected chi connectivity index (χ3v) is 2.03. The molecular weight excluding hydrogens is 167 g/mol. The van der Waals surface area contributed by atoms with E-state index in [-0.39, 0.29) is 5.38 Å². The maximum atomic E-state index is 5.85. The second-order valence-electron chi connectivity index (χ2n) is 2.62. The van der Waals surface area contributed by atoms with Crippen LogP contribution in [0.4, 0.5) is 0 Å². The molecule has 0 aliphatic heterocycles. The van der Waals surface area contributed by atoms with Crippen LogP contribution in [0, 0.1) is 5.92 Å². The predicted octanol–water partition coefficient (Wildman–Crippen LogP) is 3.31. The molecule has 0 aromatic heterocycles. The quantitative estimate of drug-likeness (QED) is 0.393. The summed E-state index contributed by atoms with van der Waals surface area (Å²) in [7, 11) is 0. The number of allylic oxidation sites excluding steroid dienone is 4. The molecule has 10 heavy (non-hydrogen) atoms. The number of rotatable bonds is 0. The Morgan fingerprint density at radius 3 is 2.90 bits per heavy atom. The molecule has 2 heteroatoms. The van der Waals surface area contributed by atoms with Gasteiger partial charge in [0, 0.05) is 5.03 Å². The molecule has 0 saturated carbocycles. The number of hydrogen-bond acceptors (Lipinski definition) is 0. The van der Waals surface area contributed by atoms with Crippen molar-refractivity contribution in [2.24, 2.45) is 5.92 Å². The summed E-state index contributed by atoms with van der Waals surface area (Å²) in [4.78, 5) is 0. The zero-order chi connectivity index (χ0) is 7.56. The van der Waals surface area contributed by atoms with E-state index < -0.39 is 0 Å². The zero-order valence-corrected chi connectivity index (χ0v) is 7.36. The van der Waals surface area contributed by atoms with Crippen LogP contribution in [0.3, 0.4) is 0 Å². The normalized spacial score (nSPS) is 33.3. The fraction of sp³-hybridized carbons (Fsp3) is 0.500. The molecule has 0 aromatic carbocycles. The van der Waals surface area contributed by atoms with Gasteiger partial charge in [-0.05, 0) is 18.4 Å². The van der Waals surface area contributed by atoms with E-state index in [0.29, 0.717) is 5.92 Å². The minimum Gasteiger partial charge on any atom is -0.114 e. The molecule has 0 amide bonds. The van der Waals surface area contributed by atoms with Crippen molar-refractivity contribution < 1.29 is 0 Å². The van der Waals surface area contributed by atoms with E-state index in [1.807, 2.05) is 12.2 Å². The highest BCUT2D eigenvalue weighted by molar-refractivity contribution is 6.31. The molecule has 0 radical (unpaired) electrons. The van der Waals surface area contributed by atoms with E-state index in [9.17, 15) is 0 Å². The standard InChI is InChI=1S/C8H10Cl2/c1-6-2-3-7(9)5-8(10)4-6/h2-3,5-7H,4H2,1H3. The summed E-state index contributed by atoms with van der Waals surface area (Å²) in [6, 6.07) is 0. The Kier molecular flexibility index (Phi) is 2.82. The van der Waals surface area contributed by atoms with Gasteiger partial charge in [0.05, 0.1) is 5.38 Å². The molecule has 1 aliphatic rings. The second kappa shape index (κ2) is 3.45. The van der Waals surface area contributed by atoms with Gasteiger partial charge in [-0.1, -0.05) is 30.7 Å². The lowest BCUT2D eigenvalue weighted by atomic mass is 10.1. The molecule has 1 rings (SSSR count). The molecule has 2 unspecified atom stereocenters. The van der Waals surface area contributed by atoms with E-state index in [0.717, 1.165) is 11.5 Å². The summed E-state index contributed by atoms with van der Waals surface area (Å²) in [5.41, 5.74) is 0. The van der Waals surface area contributed by atoms with Crippen LogP contribution < -0.4 is 0 Å². The summed E-state index contributed by atoms with van der Waals surface area (Å²) in [6.45, 7) is 2.13. The van der Waals surface area contributed by atoms with Crippen LogP contribution in [0.5, 0.6) is 0 Å². The van der Waals surface area contributed by atoms with Crippen LogP contribution in [0.2, 0.25) is 0 Å². The number of halogens is 2. The Hall–Kier alpha value is 0.0600. The molecule has 0 fully saturated rings. The Balaban J connectivity index is 2.69. The Morgan fingerprint density at radius 2 is 2.20 bits per heavy atom. The Labute approximate surface area is 71.5 Å². The highest BCUT2D eigenvalue weighted by Crippen LogP contribution is 2.22. The van der Waals surface area contributed by atoms with Crippen LogP contribution in [-0.2, 0) is 0 Å². The maximum absolute atomic E-state index is 5.85. The van der Waals surface area contributed by atoms with Gasteiger partial charge in [-0.15, -0.1) is 11.6 Å². The highest BCUT2D eigenvalue weighted by Gasteiger charge is 2.07. The van der Waals surface area contributed by atoms with Crippen molar-refractivity contribution in [2.45, 2.75) is 18.7 Å². The van der Waals surface area contributed by atoms with Crippen molar-refractivity contribution in [1.82, 2.24) is 0 Å². The topological polar surface area (TPSA) is 0 Å². The van der Waals surface area contributed by atoms with Gasteiger partial charge < -0.3 is 0 Å². The maximum Gasteiger partial charge on any atom is 0.0711 e. The van der Waals surface area contributed by atoms with Gasteiger partial charge >= 0.3 is 0 Å². The monoisotopic (exact) mass is 176 g/mol. The molecule has 2 atom stereocenters. The lowest BCUT2D eigenvalue weighted by Gasteiger charge is -2.00. The summed E-state index contributed by atoms with van der Waals surface area (Å²) >= 11 is 11.7. The van der Waals surface area contributed by atoms with Crippen molar-refractivity contribution in [3.8, 4) is 0 Å². The molecule has 0 spiro atoms. The third-order valence-electron chi connectivity index (χ3n) is 1.48. The van der Waals surface area contributed by atoms with Gasteiger partial charge in [-0.25, -0.2) is 0 Å². The minimum absolute atomic E-state index is 0.0163. The fourth-order valence-corrected chi connectivity index (χ4v) is 1.65. The molecule has 0 heterocycles. The van der Waals surface area contributed by atoms with Crippen LogP contribution in [0.25, 0.3) is 0 Å². The van der Waals surface area contributed by atoms with Crippen LogP contribution in [0.1, 0.15) is 13.3 Å². The summed E-state index contributed by atoms with van der Waals surface area (Å²) in [5, 5.41) is 0.856. The van der Waals surface area contributed by atoms with E-state index in [4.69, 9.17) is 23.2 Å². The molecule has 0 bridgehead atoms. The van der Waals surface area contributed by atoms with Gasteiger partial charge in [0.1, 0.15) is 0 Å². The van der Waals surface area contributed by atoms with Crippen molar-refractivity contribution >= 4 is 23.2 Å². The average molecular weight is 177 g/mol. The van der Waals surface area contributed by atoms with Crippen LogP contribution >= 0.6 is 23.2 Å². The highest BCUT2D eigenvalue weighted by atomic mass is 35.5. The van der Waals surface area contributed by atoms with Crippen molar-refractivity contribution in [3.63, 3.8) is 0 Å². The number of alkyl halides is 1. The predicted molar refractivity (Wildman–Crippen MR) is 46.5 cm³/mol. The first kappa shape index (κ1) is 8.16. The van der Waals surface area contributed by atoms with E-state index >= 15 is 0 Å². The first-order valence-corrected chi connectivity index (χ1v) is 4.18. The molecule has 56 valence electrons. The minimum atomic E-state index is -0.0163. The molecular formula is C8H10Cl2. The third kappa shape index (κ3) is 2.36. The van der Waals surface area contributed by atoms with Gasteiger partial charge in [0.15, 0.2) is 0 Å². The van der Waals surface area contributed by atoms with E-state index in [1.54, 1.807) is 0 Å². The Morgan fingerprint density at radius 1 is 1.50 bits per heavy atom. The lowest BCUT2D eigenvalue weighted by molar-refractivity contribution is 0.739. The van der Waals surface area contributed by atoms with Crippen LogP contribution in [0.15, 0.2) is 23.3 Å². The van der Waals surface area contributed by atoms with Crippen molar-refractivity contribution in [3.05, 3.63) is 23.3 Å². The van der Waals surface area contributed by atoms with Gasteiger partial charge in [-0.2, -0.15) is 0 Å². The molecule has 0 nitrogen and oxygen atoms in total. The zero-order valence-electron chi connectivity index (χ0n) is 5.85. The SMILES string of the molecule is CC1C=CC(Cl)C=C(Cl)C1. The Bertz CT molecular complexity index is 170. The summed E-state index contributed by atoms with van der Waals surface area (Å²) in [5.74, 6) is 0.521. The van der Waals surface area contributed by atoms with Gasteiger partial charge in [0.25, 0.3) is 0 Å². The van der Waals surface area contributed by atoms with Gasteiger partial charge in [-0.3, -0.25) is 0 Å². The average Bonchev–Trinajstić information content (AvgIpc) is 1.93. The second-order valence-corrected chi connectivity index (χ2v) is 3.61. The van der Waals surface area contributed by atoms with E-state index in [1.165, 1.54) is 0 Å². The summed E-state index contributed by atoms with van der Waals surface area (Å²) < 4.78 is 0. The van der Waals surface area contributed by atoms with Gasteiger partial charge in [0.2, 0.25) is 0 Å². The fourth-order valence-electron chi connectivity index (χ4n) is 0.968. The van der Waals surface area contributed by atoms with E-state index in [2.05, 4.69) is 13.0 Å². The molecule has 0 saturated heterocycles. The molecule has 0 aromatic rings. The smallest absolute Gasteiger partial charge is 0.0711 e. The first-order chi connectivity index (χ1) is 4.68. The van der Waals surface area contributed by atoms with Crippen molar-refractivity contribution in [1.29, 1.82) is 0 Å². The van der Waals surface area contributed by atoms with Crippen molar-refractivity contribution in [2.75, 3.05) is 0 Å². The molecule has 1 aliphatic carbocycles. The lowest BCUT2D eigenvalue weighted by Crippen LogP contribution is -1.85. The molecule has 0 N–H and O–H groups in total. The van der Waals surface area contributed by atoms with Crippen LogP contribution in [-0.4, -0.2) is 5.38 Å². The largest absolute Gasteiger partial charge is 0.114 e. The summed E-state index contributed by atoms with van der Waals surface area (Å²) in [6.07, 6.45) is 6.87.